The van der Waals surface area contributed by atoms with Gasteiger partial charge in [0.2, 0.25) is 0 Å². The van der Waals surface area contributed by atoms with E-state index in [-0.39, 0.29) is 18.1 Å². The molecule has 1 aliphatic heterocycles. The normalized spacial score (nSPS) is 22.4. The van der Waals surface area contributed by atoms with Crippen LogP contribution in [-0.4, -0.2) is 50.7 Å². The van der Waals surface area contributed by atoms with Gasteiger partial charge in [0, 0.05) is 30.9 Å². The Kier molecular flexibility index (Phi) is 3.85. The summed E-state index contributed by atoms with van der Waals surface area (Å²) in [6, 6.07) is 3.27. The molecule has 0 aliphatic carbocycles. The van der Waals surface area contributed by atoms with Crippen molar-refractivity contribution in [3.63, 3.8) is 0 Å². The number of carbonyl (C=O) groups excluding carboxylic acids is 1. The molecule has 0 aromatic carbocycles. The largest absolute Gasteiger partial charge is 0.478 e. The molecule has 0 radical (unpaired) electrons. The molecule has 106 valence electrons. The number of aromatic nitrogens is 1. The lowest BCUT2D eigenvalue weighted by molar-refractivity contribution is -0.131. The van der Waals surface area contributed by atoms with Crippen molar-refractivity contribution in [3.8, 4) is 0 Å². The van der Waals surface area contributed by atoms with Crippen molar-refractivity contribution in [2.75, 3.05) is 13.1 Å². The van der Waals surface area contributed by atoms with Gasteiger partial charge in [-0.05, 0) is 25.5 Å². The minimum Gasteiger partial charge on any atom is -0.478 e. The highest BCUT2D eigenvalue weighted by Crippen LogP contribution is 2.22. The fraction of sp³-hybridized carbons (Fsp3) is 0.357. The summed E-state index contributed by atoms with van der Waals surface area (Å²) >= 11 is 0. The first kappa shape index (κ1) is 14.2. The molecular formula is C14H16N2O4. The first-order valence-electron chi connectivity index (χ1n) is 6.27. The van der Waals surface area contributed by atoms with Crippen LogP contribution in [0.5, 0.6) is 0 Å². The predicted molar refractivity (Wildman–Crippen MR) is 72.1 cm³/mol. The molecule has 20 heavy (non-hydrogen) atoms. The van der Waals surface area contributed by atoms with Gasteiger partial charge in [-0.3, -0.25) is 9.78 Å². The molecule has 2 heterocycles. The standard InChI is InChI=1S/C14H16N2O4/c1-14(20)6-8-16(9-14)13(19)12-10(3-2-7-15-12)4-5-11(17)18/h2-5,7,20H,6,8-9H2,1H3,(H,17,18)/b5-4+. The highest BCUT2D eigenvalue weighted by molar-refractivity contribution is 5.97. The maximum atomic E-state index is 12.4. The first-order valence-corrected chi connectivity index (χ1v) is 6.27. The summed E-state index contributed by atoms with van der Waals surface area (Å²) in [4.78, 5) is 28.5. The number of β-amino-alcohol motifs (C(OH)–C–C–N with tert-alkyl or cyclic N) is 1. The van der Waals surface area contributed by atoms with Crippen molar-refractivity contribution in [1.82, 2.24) is 9.88 Å². The number of carboxylic acids is 1. The van der Waals surface area contributed by atoms with Gasteiger partial charge in [0.1, 0.15) is 5.69 Å². The van der Waals surface area contributed by atoms with E-state index in [0.717, 1.165) is 6.08 Å². The summed E-state index contributed by atoms with van der Waals surface area (Å²) in [5.41, 5.74) is -0.226. The molecule has 1 fully saturated rings. The smallest absolute Gasteiger partial charge is 0.328 e. The molecule has 2 rings (SSSR count). The summed E-state index contributed by atoms with van der Waals surface area (Å²) in [6.07, 6.45) is 4.32. The van der Waals surface area contributed by atoms with Gasteiger partial charge in [-0.15, -0.1) is 0 Å². The number of carbonyl (C=O) groups is 2. The molecule has 1 amide bonds. The van der Waals surface area contributed by atoms with Gasteiger partial charge in [-0.1, -0.05) is 6.07 Å². The monoisotopic (exact) mass is 276 g/mol. The maximum absolute atomic E-state index is 12.4. The zero-order chi connectivity index (χ0) is 14.8. The zero-order valence-electron chi connectivity index (χ0n) is 11.1. The Morgan fingerprint density at radius 3 is 2.85 bits per heavy atom. The molecule has 2 N–H and O–H groups in total. The van der Waals surface area contributed by atoms with Crippen molar-refractivity contribution >= 4 is 18.0 Å². The van der Waals surface area contributed by atoms with Crippen molar-refractivity contribution in [2.24, 2.45) is 0 Å². The van der Waals surface area contributed by atoms with Gasteiger partial charge in [0.15, 0.2) is 0 Å². The molecule has 0 saturated carbocycles. The number of hydrogen-bond acceptors (Lipinski definition) is 4. The van der Waals surface area contributed by atoms with E-state index in [9.17, 15) is 14.7 Å². The van der Waals surface area contributed by atoms with Crippen LogP contribution < -0.4 is 0 Å². The van der Waals surface area contributed by atoms with Crippen molar-refractivity contribution in [1.29, 1.82) is 0 Å². The summed E-state index contributed by atoms with van der Waals surface area (Å²) in [6.45, 7) is 2.40. The van der Waals surface area contributed by atoms with E-state index in [1.54, 1.807) is 19.1 Å². The molecule has 6 heteroatoms. The number of amides is 1. The van der Waals surface area contributed by atoms with Gasteiger partial charge >= 0.3 is 5.97 Å². The topological polar surface area (TPSA) is 90.7 Å². The Labute approximate surface area is 116 Å². The molecule has 0 bridgehead atoms. The number of carboxylic acid groups (broad SMARTS) is 1. The lowest BCUT2D eigenvalue weighted by Crippen LogP contribution is -2.34. The quantitative estimate of drug-likeness (QED) is 0.796. The highest BCUT2D eigenvalue weighted by atomic mass is 16.4. The lowest BCUT2D eigenvalue weighted by atomic mass is 10.1. The number of nitrogens with zero attached hydrogens (tertiary/aromatic N) is 2. The molecule has 1 aliphatic rings. The Balaban J connectivity index is 2.24. The van der Waals surface area contributed by atoms with Crippen LogP contribution in [0, 0.1) is 0 Å². The summed E-state index contributed by atoms with van der Waals surface area (Å²) in [5.74, 6) is -1.38. The fourth-order valence-electron chi connectivity index (χ4n) is 2.16. The van der Waals surface area contributed by atoms with E-state index in [2.05, 4.69) is 4.98 Å². The predicted octanol–water partition coefficient (Wildman–Crippen LogP) is 0.776. The Hall–Kier alpha value is -2.21. The third kappa shape index (κ3) is 3.21. The van der Waals surface area contributed by atoms with Crippen LogP contribution in [0.3, 0.4) is 0 Å². The number of aliphatic hydroxyl groups is 1. The molecule has 1 unspecified atom stereocenters. The third-order valence-electron chi connectivity index (χ3n) is 3.19. The third-order valence-corrected chi connectivity index (χ3v) is 3.19. The van der Waals surface area contributed by atoms with Crippen molar-refractivity contribution < 1.29 is 19.8 Å². The number of likely N-dealkylation sites (tertiary alicyclic amines) is 1. The maximum Gasteiger partial charge on any atom is 0.328 e. The SMILES string of the molecule is CC1(O)CCN(C(=O)c2ncccc2/C=C/C(=O)O)C1. The molecule has 1 saturated heterocycles. The van der Waals surface area contributed by atoms with Gasteiger partial charge in [-0.25, -0.2) is 4.79 Å². The average molecular weight is 276 g/mol. The van der Waals surface area contributed by atoms with E-state index in [4.69, 9.17) is 5.11 Å². The lowest BCUT2D eigenvalue weighted by Gasteiger charge is -2.19. The van der Waals surface area contributed by atoms with Crippen LogP contribution >= 0.6 is 0 Å². The summed E-state index contributed by atoms with van der Waals surface area (Å²) in [5, 5.41) is 18.5. The Bertz CT molecular complexity index is 566. The average Bonchev–Trinajstić information content (AvgIpc) is 2.76. The molecule has 6 nitrogen and oxygen atoms in total. The van der Waals surface area contributed by atoms with Crippen LogP contribution in [0.25, 0.3) is 6.08 Å². The number of pyridine rings is 1. The second kappa shape index (κ2) is 5.42. The van der Waals surface area contributed by atoms with Crippen LogP contribution in [0.2, 0.25) is 0 Å². The second-order valence-electron chi connectivity index (χ2n) is 5.09. The van der Waals surface area contributed by atoms with E-state index in [0.29, 0.717) is 18.5 Å². The van der Waals surface area contributed by atoms with E-state index < -0.39 is 11.6 Å². The molecule has 1 atom stereocenters. The van der Waals surface area contributed by atoms with E-state index in [1.807, 2.05) is 0 Å². The van der Waals surface area contributed by atoms with Crippen molar-refractivity contribution in [2.45, 2.75) is 18.9 Å². The number of aliphatic carboxylic acids is 1. The minimum atomic E-state index is -1.09. The molecule has 0 spiro atoms. The van der Waals surface area contributed by atoms with Gasteiger partial charge < -0.3 is 15.1 Å². The first-order chi connectivity index (χ1) is 9.39. The molecular weight excluding hydrogens is 260 g/mol. The summed E-state index contributed by atoms with van der Waals surface area (Å²) < 4.78 is 0. The van der Waals surface area contributed by atoms with Gasteiger partial charge in [0.05, 0.1) is 5.60 Å². The van der Waals surface area contributed by atoms with Crippen LogP contribution in [0.15, 0.2) is 24.4 Å². The Morgan fingerprint density at radius 1 is 1.50 bits per heavy atom. The Morgan fingerprint density at radius 2 is 2.25 bits per heavy atom. The molecule has 1 aromatic rings. The number of rotatable bonds is 3. The number of hydrogen-bond donors (Lipinski definition) is 2. The molecule has 1 aromatic heterocycles. The van der Waals surface area contributed by atoms with E-state index in [1.165, 1.54) is 17.2 Å². The van der Waals surface area contributed by atoms with Crippen LogP contribution in [0.4, 0.5) is 0 Å². The van der Waals surface area contributed by atoms with Crippen LogP contribution in [-0.2, 0) is 4.79 Å². The second-order valence-corrected chi connectivity index (χ2v) is 5.09. The highest BCUT2D eigenvalue weighted by Gasteiger charge is 2.35. The summed E-state index contributed by atoms with van der Waals surface area (Å²) in [7, 11) is 0. The van der Waals surface area contributed by atoms with Crippen LogP contribution in [0.1, 0.15) is 29.4 Å². The van der Waals surface area contributed by atoms with Gasteiger partial charge in [-0.2, -0.15) is 0 Å². The van der Waals surface area contributed by atoms with Gasteiger partial charge in [0.25, 0.3) is 5.91 Å². The minimum absolute atomic E-state index is 0.197. The van der Waals surface area contributed by atoms with E-state index >= 15 is 0 Å². The zero-order valence-corrected chi connectivity index (χ0v) is 11.1. The van der Waals surface area contributed by atoms with Crippen molar-refractivity contribution in [3.05, 3.63) is 35.7 Å². The fourth-order valence-corrected chi connectivity index (χ4v) is 2.16.